The Morgan fingerprint density at radius 2 is 1.79 bits per heavy atom. The number of aliphatic hydroxyl groups is 1. The van der Waals surface area contributed by atoms with Crippen molar-refractivity contribution in [3.8, 4) is 11.1 Å². The van der Waals surface area contributed by atoms with Gasteiger partial charge in [-0.25, -0.2) is 23.8 Å². The Labute approximate surface area is 197 Å². The minimum absolute atomic E-state index is 0.0945. The number of hydrogen-bond donors (Lipinski definition) is 4. The number of hydrazine groups is 1. The Morgan fingerprint density at radius 1 is 1.18 bits per heavy atom. The quantitative estimate of drug-likeness (QED) is 0.215. The predicted molar refractivity (Wildman–Crippen MR) is 122 cm³/mol. The van der Waals surface area contributed by atoms with E-state index in [2.05, 4.69) is 0 Å². The molecule has 3 aromatic rings. The van der Waals surface area contributed by atoms with Gasteiger partial charge in [0.15, 0.2) is 0 Å². The van der Waals surface area contributed by atoms with Gasteiger partial charge in [-0.2, -0.15) is 13.2 Å². The third kappa shape index (κ3) is 5.03. The van der Waals surface area contributed by atoms with Gasteiger partial charge in [0.2, 0.25) is 15.6 Å². The van der Waals surface area contributed by atoms with Crippen molar-refractivity contribution in [1.82, 2.24) is 5.01 Å². The van der Waals surface area contributed by atoms with E-state index in [0.717, 1.165) is 29.5 Å². The van der Waals surface area contributed by atoms with Crippen molar-refractivity contribution in [3.63, 3.8) is 0 Å². The molecule has 0 amide bonds. The minimum atomic E-state index is -4.99. The molecule has 1 heterocycles. The lowest BCUT2D eigenvalue weighted by molar-refractivity contribution is -0.245. The first-order valence-corrected chi connectivity index (χ1v) is 12.2. The van der Waals surface area contributed by atoms with Crippen LogP contribution >= 0.6 is 11.3 Å². The SMILES string of the molecule is CCC(O)(/C(N)=C/N(N)Cc1ccc2c(-c3ccc(F)cc3)c(S(N)(=O)=O)sc2c1)C(F)(F)F. The number of nitrogens with two attached hydrogens (primary N) is 3. The molecule has 184 valence electrons. The summed E-state index contributed by atoms with van der Waals surface area (Å²) < 4.78 is 77.8. The summed E-state index contributed by atoms with van der Waals surface area (Å²) >= 11 is 0.901. The van der Waals surface area contributed by atoms with Gasteiger partial charge in [0, 0.05) is 21.8 Å². The number of sulfonamides is 1. The molecule has 0 saturated heterocycles. The average molecular weight is 519 g/mol. The lowest BCUT2D eigenvalue weighted by atomic mass is 9.96. The highest BCUT2D eigenvalue weighted by Gasteiger charge is 2.54. The number of alkyl halides is 3. The van der Waals surface area contributed by atoms with E-state index in [0.29, 0.717) is 26.8 Å². The van der Waals surface area contributed by atoms with Crippen molar-refractivity contribution in [2.75, 3.05) is 0 Å². The van der Waals surface area contributed by atoms with E-state index in [9.17, 15) is 31.1 Å². The highest BCUT2D eigenvalue weighted by atomic mass is 32.2. The third-order valence-corrected chi connectivity index (χ3v) is 7.86. The molecule has 1 atom stereocenters. The summed E-state index contributed by atoms with van der Waals surface area (Å²) in [5.41, 5.74) is 2.71. The fraction of sp³-hybridized carbons (Fsp3) is 0.238. The summed E-state index contributed by atoms with van der Waals surface area (Å²) in [6.45, 7) is 1.05. The minimum Gasteiger partial charge on any atom is -0.398 e. The summed E-state index contributed by atoms with van der Waals surface area (Å²) in [7, 11) is -4.11. The Bertz CT molecular complexity index is 1340. The topological polar surface area (TPSA) is 136 Å². The largest absolute Gasteiger partial charge is 0.422 e. The molecule has 7 N–H and O–H groups in total. The van der Waals surface area contributed by atoms with Crippen molar-refractivity contribution in [2.45, 2.75) is 35.9 Å². The monoisotopic (exact) mass is 518 g/mol. The smallest absolute Gasteiger partial charge is 0.398 e. The number of fused-ring (bicyclic) bond motifs is 1. The van der Waals surface area contributed by atoms with Crippen LogP contribution < -0.4 is 16.7 Å². The van der Waals surface area contributed by atoms with Crippen molar-refractivity contribution >= 4 is 31.4 Å². The highest BCUT2D eigenvalue weighted by molar-refractivity contribution is 7.91. The number of hydrogen-bond acceptors (Lipinski definition) is 7. The maximum atomic E-state index is 13.4. The molecular formula is C21H22F4N4O3S2. The summed E-state index contributed by atoms with van der Waals surface area (Å²) in [5, 5.41) is 16.7. The first-order valence-electron chi connectivity index (χ1n) is 9.79. The van der Waals surface area contributed by atoms with Crippen molar-refractivity contribution in [2.24, 2.45) is 16.7 Å². The van der Waals surface area contributed by atoms with E-state index in [1.165, 1.54) is 24.3 Å². The maximum absolute atomic E-state index is 13.4. The Kier molecular flexibility index (Phi) is 6.97. The first-order chi connectivity index (χ1) is 15.7. The van der Waals surface area contributed by atoms with Crippen molar-refractivity contribution in [3.05, 3.63) is 65.7 Å². The van der Waals surface area contributed by atoms with Crippen LogP contribution in [-0.2, 0) is 16.6 Å². The number of thiophene rings is 1. The molecule has 0 aliphatic carbocycles. The van der Waals surface area contributed by atoms with Crippen LogP contribution in [0.15, 0.2) is 58.6 Å². The second-order valence-corrected chi connectivity index (χ2v) is 10.4. The number of halogens is 4. The predicted octanol–water partition coefficient (Wildman–Crippen LogP) is 3.53. The maximum Gasteiger partial charge on any atom is 0.422 e. The summed E-state index contributed by atoms with van der Waals surface area (Å²) in [6, 6.07) is 10.1. The normalized spacial score (nSPS) is 14.9. The molecular weight excluding hydrogens is 496 g/mol. The van der Waals surface area contributed by atoms with Gasteiger partial charge in [0.25, 0.3) is 0 Å². The lowest BCUT2D eigenvalue weighted by Gasteiger charge is -2.30. The number of benzene rings is 2. The third-order valence-electron chi connectivity index (χ3n) is 5.24. The first kappa shape index (κ1) is 25.9. The second kappa shape index (κ2) is 9.15. The molecule has 0 aliphatic rings. The van der Waals surface area contributed by atoms with Crippen LogP contribution in [0.25, 0.3) is 21.2 Å². The number of primary sulfonamides is 1. The Balaban J connectivity index is 2.00. The van der Waals surface area contributed by atoms with Crippen LogP contribution in [-0.4, -0.2) is 30.3 Å². The molecule has 2 aromatic carbocycles. The Hall–Kier alpha value is -2.71. The molecule has 0 saturated carbocycles. The fourth-order valence-electron chi connectivity index (χ4n) is 3.42. The second-order valence-electron chi connectivity index (χ2n) is 7.62. The van der Waals surface area contributed by atoms with Crippen LogP contribution in [0.4, 0.5) is 17.6 Å². The van der Waals surface area contributed by atoms with Gasteiger partial charge in [-0.1, -0.05) is 31.2 Å². The zero-order chi connectivity index (χ0) is 25.5. The molecule has 0 spiro atoms. The zero-order valence-corrected chi connectivity index (χ0v) is 19.4. The standard InChI is InChI=1S/C21H22F4N4O3S2/c1-2-20(30,21(23,24)25)17(26)11-29(27)10-12-3-8-15-16(9-12)33-19(34(28,31)32)18(15)13-4-6-14(22)7-5-13/h3-9,11,30H,2,10,26-27H2,1H3,(H2,28,31,32)/b17-11-. The van der Waals surface area contributed by atoms with E-state index in [1.54, 1.807) is 18.2 Å². The fourth-order valence-corrected chi connectivity index (χ4v) is 5.68. The molecule has 1 unspecified atom stereocenters. The van der Waals surface area contributed by atoms with E-state index >= 15 is 0 Å². The number of rotatable bonds is 7. The van der Waals surface area contributed by atoms with Crippen LogP contribution in [0.5, 0.6) is 0 Å². The van der Waals surface area contributed by atoms with Crippen LogP contribution in [0.2, 0.25) is 0 Å². The van der Waals surface area contributed by atoms with Gasteiger partial charge in [-0.15, -0.1) is 11.3 Å². The Morgan fingerprint density at radius 3 is 2.32 bits per heavy atom. The van der Waals surface area contributed by atoms with Crippen molar-refractivity contribution in [1.29, 1.82) is 0 Å². The van der Waals surface area contributed by atoms with Crippen molar-refractivity contribution < 1.29 is 31.1 Å². The van der Waals surface area contributed by atoms with Crippen LogP contribution in [0, 0.1) is 5.82 Å². The molecule has 7 nitrogen and oxygen atoms in total. The van der Waals surface area contributed by atoms with Gasteiger partial charge in [0.05, 0.1) is 12.2 Å². The molecule has 0 aliphatic heterocycles. The van der Waals surface area contributed by atoms with E-state index in [1.807, 2.05) is 0 Å². The van der Waals surface area contributed by atoms with Gasteiger partial charge in [-0.3, -0.25) is 0 Å². The molecule has 0 fully saturated rings. The van der Waals surface area contributed by atoms with Gasteiger partial charge in [0.1, 0.15) is 10.0 Å². The summed E-state index contributed by atoms with van der Waals surface area (Å²) in [6.07, 6.45) is -4.88. The van der Waals surface area contributed by atoms with Crippen LogP contribution in [0.1, 0.15) is 18.9 Å². The lowest BCUT2D eigenvalue weighted by Crippen LogP contribution is -2.49. The number of nitrogens with zero attached hydrogens (tertiary/aromatic N) is 1. The van der Waals surface area contributed by atoms with E-state index in [4.69, 9.17) is 16.7 Å². The highest BCUT2D eigenvalue weighted by Crippen LogP contribution is 2.41. The van der Waals surface area contributed by atoms with E-state index in [-0.39, 0.29) is 10.8 Å². The zero-order valence-electron chi connectivity index (χ0n) is 17.8. The molecule has 3 rings (SSSR count). The van der Waals surface area contributed by atoms with E-state index < -0.39 is 39.7 Å². The summed E-state index contributed by atoms with van der Waals surface area (Å²) in [5.74, 6) is 5.32. The average Bonchev–Trinajstić information content (AvgIpc) is 3.12. The van der Waals surface area contributed by atoms with Gasteiger partial charge >= 0.3 is 6.18 Å². The summed E-state index contributed by atoms with van der Waals surface area (Å²) in [4.78, 5) is 0. The molecule has 0 radical (unpaired) electrons. The molecule has 34 heavy (non-hydrogen) atoms. The molecule has 1 aromatic heterocycles. The van der Waals surface area contributed by atoms with Crippen LogP contribution in [0.3, 0.4) is 0 Å². The molecule has 0 bridgehead atoms. The van der Waals surface area contributed by atoms with Gasteiger partial charge < -0.3 is 15.8 Å². The van der Waals surface area contributed by atoms with Gasteiger partial charge in [-0.05, 0) is 35.7 Å². The molecule has 13 heteroatoms.